The molecule has 1 rings (SSSR count). The normalized spacial score (nSPS) is 22.8. The molecular weight excluding hydrogens is 240 g/mol. The largest absolute Gasteiger partial charge is 0.353 e. The van der Waals surface area contributed by atoms with Crippen molar-refractivity contribution < 1.29 is 4.79 Å². The highest BCUT2D eigenvalue weighted by Crippen LogP contribution is 2.06. The number of piperazine rings is 1. The van der Waals surface area contributed by atoms with E-state index in [2.05, 4.69) is 36.0 Å². The van der Waals surface area contributed by atoms with Crippen molar-refractivity contribution in [2.45, 2.75) is 39.3 Å². The zero-order valence-electron chi connectivity index (χ0n) is 12.9. The van der Waals surface area contributed by atoms with E-state index >= 15 is 0 Å². The number of rotatable bonds is 6. The summed E-state index contributed by atoms with van der Waals surface area (Å²) in [4.78, 5) is 16.7. The number of nitrogens with two attached hydrogens (primary N) is 1. The number of hydrogen-bond donors (Lipinski definition) is 2. The minimum Gasteiger partial charge on any atom is -0.353 e. The molecule has 0 aliphatic carbocycles. The minimum atomic E-state index is -0.385. The van der Waals surface area contributed by atoms with E-state index in [-0.39, 0.29) is 17.9 Å². The van der Waals surface area contributed by atoms with Crippen molar-refractivity contribution in [3.8, 4) is 0 Å². The molecule has 0 saturated carbocycles. The maximum Gasteiger partial charge on any atom is 0.237 e. The zero-order valence-corrected chi connectivity index (χ0v) is 12.9. The molecule has 0 radical (unpaired) electrons. The summed E-state index contributed by atoms with van der Waals surface area (Å²) >= 11 is 0. The van der Waals surface area contributed by atoms with Gasteiger partial charge in [0.15, 0.2) is 0 Å². The summed E-state index contributed by atoms with van der Waals surface area (Å²) in [6.07, 6.45) is 0.933. The summed E-state index contributed by atoms with van der Waals surface area (Å²) in [5, 5.41) is 2.99. The maximum absolute atomic E-state index is 11.9. The van der Waals surface area contributed by atoms with E-state index in [1.165, 1.54) is 0 Å². The molecule has 3 N–H and O–H groups in total. The zero-order chi connectivity index (χ0) is 14.4. The highest BCUT2D eigenvalue weighted by Gasteiger charge is 2.22. The van der Waals surface area contributed by atoms with Gasteiger partial charge in [-0.15, -0.1) is 0 Å². The van der Waals surface area contributed by atoms with Crippen molar-refractivity contribution in [2.24, 2.45) is 11.7 Å². The van der Waals surface area contributed by atoms with Crippen molar-refractivity contribution in [3.63, 3.8) is 0 Å². The average Bonchev–Trinajstić information content (AvgIpc) is 2.43. The Morgan fingerprint density at radius 1 is 1.26 bits per heavy atom. The predicted octanol–water partition coefficient (Wildman–Crippen LogP) is 0.112. The van der Waals surface area contributed by atoms with Crippen molar-refractivity contribution in [3.05, 3.63) is 0 Å². The second-order valence-corrected chi connectivity index (χ2v) is 5.84. The van der Waals surface area contributed by atoms with Crippen LogP contribution in [0.15, 0.2) is 0 Å². The van der Waals surface area contributed by atoms with E-state index in [0.717, 1.165) is 32.6 Å². The van der Waals surface area contributed by atoms with Crippen LogP contribution in [0.5, 0.6) is 0 Å². The van der Waals surface area contributed by atoms with Crippen molar-refractivity contribution in [1.29, 1.82) is 0 Å². The predicted molar refractivity (Wildman–Crippen MR) is 79.0 cm³/mol. The van der Waals surface area contributed by atoms with Gasteiger partial charge in [0.05, 0.1) is 6.04 Å². The first-order valence-electron chi connectivity index (χ1n) is 7.41. The first kappa shape index (κ1) is 16.4. The van der Waals surface area contributed by atoms with Crippen LogP contribution in [0.25, 0.3) is 0 Å². The molecule has 0 aromatic carbocycles. The van der Waals surface area contributed by atoms with E-state index < -0.39 is 0 Å². The maximum atomic E-state index is 11.9. The van der Waals surface area contributed by atoms with Gasteiger partial charge in [-0.05, 0) is 19.9 Å². The Balaban J connectivity index is 2.29. The Hall–Kier alpha value is -0.650. The quantitative estimate of drug-likeness (QED) is 0.719. The van der Waals surface area contributed by atoms with Gasteiger partial charge < -0.3 is 16.0 Å². The number of amides is 1. The molecule has 5 heteroatoms. The van der Waals surface area contributed by atoms with Crippen LogP contribution in [0, 0.1) is 5.92 Å². The fourth-order valence-electron chi connectivity index (χ4n) is 2.27. The summed E-state index contributed by atoms with van der Waals surface area (Å²) < 4.78 is 0. The van der Waals surface area contributed by atoms with Gasteiger partial charge in [0, 0.05) is 38.8 Å². The molecule has 1 saturated heterocycles. The summed E-state index contributed by atoms with van der Waals surface area (Å²) in [7, 11) is 2.15. The van der Waals surface area contributed by atoms with Gasteiger partial charge in [-0.2, -0.15) is 0 Å². The van der Waals surface area contributed by atoms with Gasteiger partial charge in [-0.1, -0.05) is 20.3 Å². The van der Waals surface area contributed by atoms with Gasteiger partial charge in [0.1, 0.15) is 0 Å². The molecule has 0 spiro atoms. The highest BCUT2D eigenvalue weighted by atomic mass is 16.2. The summed E-state index contributed by atoms with van der Waals surface area (Å²) in [5.41, 5.74) is 5.92. The van der Waals surface area contributed by atoms with Crippen LogP contribution in [0.2, 0.25) is 0 Å². The minimum absolute atomic E-state index is 0.0182. The van der Waals surface area contributed by atoms with Gasteiger partial charge >= 0.3 is 0 Å². The number of nitrogens with zero attached hydrogens (tertiary/aromatic N) is 2. The van der Waals surface area contributed by atoms with Crippen LogP contribution in [0.1, 0.15) is 27.2 Å². The SMILES string of the molecule is CCC(C)C(N)C(=O)NCC(C)N1CCN(C)CC1. The number of hydrogen-bond acceptors (Lipinski definition) is 4. The second kappa shape index (κ2) is 7.82. The molecular formula is C14H30N4O. The van der Waals surface area contributed by atoms with Gasteiger partial charge in [-0.25, -0.2) is 0 Å². The number of carbonyl (C=O) groups is 1. The Bertz CT molecular complexity index is 277. The first-order chi connectivity index (χ1) is 8.95. The fourth-order valence-corrected chi connectivity index (χ4v) is 2.27. The van der Waals surface area contributed by atoms with E-state index in [1.807, 2.05) is 6.92 Å². The average molecular weight is 270 g/mol. The molecule has 0 aromatic rings. The van der Waals surface area contributed by atoms with Crippen molar-refractivity contribution in [2.75, 3.05) is 39.8 Å². The molecule has 1 aliphatic heterocycles. The molecule has 0 aromatic heterocycles. The third-order valence-corrected chi connectivity index (χ3v) is 4.29. The van der Waals surface area contributed by atoms with E-state index in [1.54, 1.807) is 0 Å². The molecule has 1 heterocycles. The lowest BCUT2D eigenvalue weighted by Gasteiger charge is -2.36. The van der Waals surface area contributed by atoms with Crippen LogP contribution < -0.4 is 11.1 Å². The number of likely N-dealkylation sites (N-methyl/N-ethyl adjacent to an activating group) is 1. The lowest BCUT2D eigenvalue weighted by atomic mass is 9.99. The van der Waals surface area contributed by atoms with Crippen LogP contribution in [0.3, 0.4) is 0 Å². The van der Waals surface area contributed by atoms with E-state index in [9.17, 15) is 4.79 Å². The third kappa shape index (κ3) is 5.09. The van der Waals surface area contributed by atoms with Crippen LogP contribution in [-0.4, -0.2) is 67.6 Å². The van der Waals surface area contributed by atoms with Gasteiger partial charge in [-0.3, -0.25) is 9.69 Å². The van der Waals surface area contributed by atoms with E-state index in [0.29, 0.717) is 12.6 Å². The summed E-state index contributed by atoms with van der Waals surface area (Å²) in [5.74, 6) is 0.217. The standard InChI is InChI=1S/C14H30N4O/c1-5-11(2)13(15)14(19)16-10-12(3)18-8-6-17(4)7-9-18/h11-13H,5-10,15H2,1-4H3,(H,16,19). The number of carbonyl (C=O) groups excluding carboxylic acids is 1. The molecule has 1 fully saturated rings. The van der Waals surface area contributed by atoms with Crippen molar-refractivity contribution in [1.82, 2.24) is 15.1 Å². The highest BCUT2D eigenvalue weighted by molar-refractivity contribution is 5.81. The van der Waals surface area contributed by atoms with Gasteiger partial charge in [0.2, 0.25) is 5.91 Å². The Labute approximate surface area is 117 Å². The third-order valence-electron chi connectivity index (χ3n) is 4.29. The Kier molecular flexibility index (Phi) is 6.75. The summed E-state index contributed by atoms with van der Waals surface area (Å²) in [6.45, 7) is 11.3. The molecule has 3 unspecified atom stereocenters. The molecule has 19 heavy (non-hydrogen) atoms. The lowest BCUT2D eigenvalue weighted by molar-refractivity contribution is -0.123. The summed E-state index contributed by atoms with van der Waals surface area (Å²) in [6, 6.07) is -0.00790. The molecule has 3 atom stereocenters. The monoisotopic (exact) mass is 270 g/mol. The molecule has 5 nitrogen and oxygen atoms in total. The molecule has 0 bridgehead atoms. The van der Waals surface area contributed by atoms with Crippen LogP contribution in [0.4, 0.5) is 0 Å². The molecule has 112 valence electrons. The Morgan fingerprint density at radius 2 is 1.84 bits per heavy atom. The van der Waals surface area contributed by atoms with Crippen LogP contribution in [-0.2, 0) is 4.79 Å². The number of nitrogens with one attached hydrogen (secondary N) is 1. The molecule has 1 aliphatic rings. The fraction of sp³-hybridized carbons (Fsp3) is 0.929. The topological polar surface area (TPSA) is 61.6 Å². The van der Waals surface area contributed by atoms with Gasteiger partial charge in [0.25, 0.3) is 0 Å². The van der Waals surface area contributed by atoms with Crippen LogP contribution >= 0.6 is 0 Å². The first-order valence-corrected chi connectivity index (χ1v) is 7.41. The smallest absolute Gasteiger partial charge is 0.237 e. The second-order valence-electron chi connectivity index (χ2n) is 5.84. The lowest BCUT2D eigenvalue weighted by Crippen LogP contribution is -2.53. The molecule has 1 amide bonds. The Morgan fingerprint density at radius 3 is 2.37 bits per heavy atom. The van der Waals surface area contributed by atoms with E-state index in [4.69, 9.17) is 5.73 Å². The van der Waals surface area contributed by atoms with Crippen molar-refractivity contribution >= 4 is 5.91 Å².